The summed E-state index contributed by atoms with van der Waals surface area (Å²) in [4.78, 5) is 2.88. The fourth-order valence-electron chi connectivity index (χ4n) is 6.19. The molecule has 1 aromatic rings. The Bertz CT molecular complexity index is 1110. The number of hydrogen-bond donors (Lipinski definition) is 0. The molecule has 4 heteroatoms. The topological polar surface area (TPSA) is 38.5 Å². The van der Waals surface area contributed by atoms with Crippen LogP contribution in [0.4, 0.5) is 0 Å². The highest BCUT2D eigenvalue weighted by Gasteiger charge is 2.50. The van der Waals surface area contributed by atoms with Crippen LogP contribution in [-0.2, 0) is 9.84 Å². The van der Waals surface area contributed by atoms with Crippen molar-refractivity contribution in [3.63, 3.8) is 0 Å². The van der Waals surface area contributed by atoms with Gasteiger partial charge in [0.05, 0.1) is 4.90 Å². The molecule has 3 nitrogen and oxygen atoms in total. The first kappa shape index (κ1) is 42.9. The second-order valence-corrected chi connectivity index (χ2v) is 15.9. The third-order valence-corrected chi connectivity index (χ3v) is 11.8. The Morgan fingerprint density at radius 2 is 0.915 bits per heavy atom. The second-order valence-electron chi connectivity index (χ2n) is 13.7. The Morgan fingerprint density at radius 1 is 0.553 bits per heavy atom. The standard InChI is InChI=1S/C43H71NO2S/c1-5-7-9-11-13-15-17-19-21-23-25-27-29-31-33-39-43(44-4,47(45,46)42-37-35-41(3)36-38-42)40-34-32-30-28-26-24-22-20-18-16-14-12-10-8-6-2/h13,15,19-22,35-38H,5-12,14,16-18,23-34,39-40H2,1-3H3/b15-13-,21-19-,22-20+/t43-/m0/s1. The minimum absolute atomic E-state index is 0.300. The Morgan fingerprint density at radius 3 is 1.36 bits per heavy atom. The van der Waals surface area contributed by atoms with Crippen molar-refractivity contribution in [3.05, 3.63) is 77.7 Å². The molecule has 1 rings (SSSR count). The van der Waals surface area contributed by atoms with Gasteiger partial charge in [-0.2, -0.15) is 0 Å². The van der Waals surface area contributed by atoms with Gasteiger partial charge in [-0.3, -0.25) is 4.85 Å². The van der Waals surface area contributed by atoms with Crippen molar-refractivity contribution < 1.29 is 8.42 Å². The molecule has 266 valence electrons. The number of hydrogen-bond acceptors (Lipinski definition) is 2. The van der Waals surface area contributed by atoms with Gasteiger partial charge >= 0.3 is 4.87 Å². The Hall–Kier alpha value is -2.12. The molecule has 0 aliphatic heterocycles. The molecule has 1 atom stereocenters. The third kappa shape index (κ3) is 20.1. The summed E-state index contributed by atoms with van der Waals surface area (Å²) >= 11 is 0. The summed E-state index contributed by atoms with van der Waals surface area (Å²) in [6.07, 6.45) is 42.8. The van der Waals surface area contributed by atoms with Gasteiger partial charge in [0.1, 0.15) is 0 Å². The summed E-state index contributed by atoms with van der Waals surface area (Å²) in [5, 5.41) is 0. The number of rotatable bonds is 31. The van der Waals surface area contributed by atoms with E-state index < -0.39 is 14.7 Å². The van der Waals surface area contributed by atoms with Crippen LogP contribution in [0.2, 0.25) is 0 Å². The number of allylic oxidation sites excluding steroid dienone is 6. The maximum Gasteiger partial charge on any atom is 0.333 e. The molecular weight excluding hydrogens is 595 g/mol. The van der Waals surface area contributed by atoms with Crippen LogP contribution in [0.15, 0.2) is 65.6 Å². The Balaban J connectivity index is 2.45. The van der Waals surface area contributed by atoms with Gasteiger partial charge in [-0.05, 0) is 89.7 Å². The smallest absolute Gasteiger partial charge is 0.293 e. The number of benzene rings is 1. The lowest BCUT2D eigenvalue weighted by Gasteiger charge is -2.23. The largest absolute Gasteiger partial charge is 0.333 e. The molecule has 0 aliphatic rings. The summed E-state index contributed by atoms with van der Waals surface area (Å²) in [5.41, 5.74) is 1.03. The Kier molecular flexibility index (Phi) is 26.3. The molecule has 0 aromatic heterocycles. The van der Waals surface area contributed by atoms with Gasteiger partial charge in [0.2, 0.25) is 0 Å². The lowest BCUT2D eigenvalue weighted by Crippen LogP contribution is -2.35. The van der Waals surface area contributed by atoms with E-state index in [1.165, 1.54) is 89.9 Å². The maximum absolute atomic E-state index is 13.9. The van der Waals surface area contributed by atoms with E-state index in [-0.39, 0.29) is 0 Å². The number of sulfone groups is 1. The predicted octanol–water partition coefficient (Wildman–Crippen LogP) is 14.2. The van der Waals surface area contributed by atoms with E-state index in [1.807, 2.05) is 19.1 Å². The highest BCUT2D eigenvalue weighted by Crippen LogP contribution is 2.37. The summed E-state index contributed by atoms with van der Waals surface area (Å²) in [6.45, 7) is 14.6. The average Bonchev–Trinajstić information content (AvgIpc) is 3.07. The van der Waals surface area contributed by atoms with E-state index in [1.54, 1.807) is 12.1 Å². The Labute approximate surface area is 292 Å². The van der Waals surface area contributed by atoms with Crippen LogP contribution < -0.4 is 0 Å². The lowest BCUT2D eigenvalue weighted by atomic mass is 9.99. The minimum atomic E-state index is -3.75. The second kappa shape index (κ2) is 28.9. The van der Waals surface area contributed by atoms with Crippen molar-refractivity contribution in [2.75, 3.05) is 0 Å². The van der Waals surface area contributed by atoms with Crippen LogP contribution in [0.5, 0.6) is 0 Å². The van der Waals surface area contributed by atoms with Crippen LogP contribution in [0.3, 0.4) is 0 Å². The zero-order valence-corrected chi connectivity index (χ0v) is 31.6. The molecule has 0 bridgehead atoms. The van der Waals surface area contributed by atoms with Crippen LogP contribution >= 0.6 is 0 Å². The number of aryl methyl sites for hydroxylation is 1. The van der Waals surface area contributed by atoms with Crippen molar-refractivity contribution in [2.45, 2.75) is 197 Å². The molecule has 0 saturated heterocycles. The lowest BCUT2D eigenvalue weighted by molar-refractivity contribution is 0.460. The third-order valence-electron chi connectivity index (χ3n) is 9.38. The average molecular weight is 666 g/mol. The molecule has 0 radical (unpaired) electrons. The molecule has 47 heavy (non-hydrogen) atoms. The van der Waals surface area contributed by atoms with Gasteiger partial charge in [0, 0.05) is 12.8 Å². The summed E-state index contributed by atoms with van der Waals surface area (Å²) in [6, 6.07) is 7.09. The molecular formula is C43H71NO2S. The first-order valence-electron chi connectivity index (χ1n) is 19.6. The zero-order chi connectivity index (χ0) is 34.3. The summed E-state index contributed by atoms with van der Waals surface area (Å²) in [5.74, 6) is 0. The van der Waals surface area contributed by atoms with Crippen molar-refractivity contribution in [1.29, 1.82) is 0 Å². The molecule has 0 fully saturated rings. The zero-order valence-electron chi connectivity index (χ0n) is 30.8. The van der Waals surface area contributed by atoms with Crippen LogP contribution in [-0.4, -0.2) is 13.3 Å². The fraction of sp³-hybridized carbons (Fsp3) is 0.698. The monoisotopic (exact) mass is 666 g/mol. The summed E-state index contributed by atoms with van der Waals surface area (Å²) < 4.78 is 27.8. The molecule has 0 unspecified atom stereocenters. The van der Waals surface area contributed by atoms with Crippen molar-refractivity contribution in [1.82, 2.24) is 0 Å². The van der Waals surface area contributed by atoms with Crippen molar-refractivity contribution in [3.8, 4) is 0 Å². The van der Waals surface area contributed by atoms with E-state index in [0.29, 0.717) is 17.7 Å². The van der Waals surface area contributed by atoms with Gasteiger partial charge in [-0.1, -0.05) is 151 Å². The van der Waals surface area contributed by atoms with Gasteiger partial charge in [0.25, 0.3) is 9.84 Å². The van der Waals surface area contributed by atoms with E-state index in [2.05, 4.69) is 55.1 Å². The van der Waals surface area contributed by atoms with Crippen molar-refractivity contribution >= 4 is 9.84 Å². The highest BCUT2D eigenvalue weighted by molar-refractivity contribution is 7.93. The van der Waals surface area contributed by atoms with Crippen molar-refractivity contribution in [2.24, 2.45) is 0 Å². The molecule has 0 amide bonds. The molecule has 0 heterocycles. The molecule has 0 saturated carbocycles. The number of nitrogens with zero attached hydrogens (tertiary/aromatic N) is 1. The fourth-order valence-corrected chi connectivity index (χ4v) is 8.07. The molecule has 0 aliphatic carbocycles. The van der Waals surface area contributed by atoms with E-state index in [4.69, 9.17) is 6.57 Å². The first-order chi connectivity index (χ1) is 22.9. The minimum Gasteiger partial charge on any atom is -0.293 e. The molecule has 0 spiro atoms. The first-order valence-corrected chi connectivity index (χ1v) is 21.1. The van der Waals surface area contributed by atoms with Gasteiger partial charge in [0.15, 0.2) is 0 Å². The van der Waals surface area contributed by atoms with Gasteiger partial charge in [-0.15, -0.1) is 0 Å². The van der Waals surface area contributed by atoms with Gasteiger partial charge in [-0.25, -0.2) is 15.0 Å². The highest BCUT2D eigenvalue weighted by atomic mass is 32.2. The molecule has 1 aromatic carbocycles. The quantitative estimate of drug-likeness (QED) is 0.0450. The van der Waals surface area contributed by atoms with E-state index >= 15 is 0 Å². The van der Waals surface area contributed by atoms with Crippen LogP contribution in [0.25, 0.3) is 4.85 Å². The summed E-state index contributed by atoms with van der Waals surface area (Å²) in [7, 11) is -3.75. The number of unbranched alkanes of at least 4 members (excludes halogenated alkanes) is 19. The predicted molar refractivity (Wildman–Crippen MR) is 207 cm³/mol. The van der Waals surface area contributed by atoms with Gasteiger partial charge < -0.3 is 0 Å². The van der Waals surface area contributed by atoms with Crippen LogP contribution in [0.1, 0.15) is 186 Å². The van der Waals surface area contributed by atoms with Crippen LogP contribution in [0, 0.1) is 13.5 Å². The maximum atomic E-state index is 13.9. The van der Waals surface area contributed by atoms with E-state index in [9.17, 15) is 8.42 Å². The SMILES string of the molecule is [C-]#[N+][C@](CCCCCCC/C=C\C/C=C\CCCCC)(CCCCCCC/C=C/CCCCCCCC)S(=O)(=O)c1ccc(C)cc1. The van der Waals surface area contributed by atoms with E-state index in [0.717, 1.165) is 69.8 Å². The molecule has 0 N–H and O–H groups in total. The normalized spacial score (nSPS) is 13.6.